The topological polar surface area (TPSA) is 65.3 Å². The van der Waals surface area contributed by atoms with Gasteiger partial charge in [-0.3, -0.25) is 0 Å². The van der Waals surface area contributed by atoms with Crippen molar-refractivity contribution in [2.45, 2.75) is 6.54 Å². The van der Waals surface area contributed by atoms with E-state index in [0.29, 0.717) is 17.9 Å². The zero-order valence-corrected chi connectivity index (χ0v) is 12.4. The van der Waals surface area contributed by atoms with Crippen LogP contribution >= 0.6 is 15.9 Å². The predicted octanol–water partition coefficient (Wildman–Crippen LogP) is 3.65. The normalized spacial score (nSPS) is 9.85. The lowest BCUT2D eigenvalue weighted by atomic mass is 10.1. The molecule has 4 nitrogen and oxygen atoms in total. The Morgan fingerprint density at radius 1 is 1.30 bits per heavy atom. The molecule has 2 aromatic carbocycles. The number of phenols is 1. The van der Waals surface area contributed by atoms with Crippen LogP contribution < -0.4 is 10.1 Å². The molecule has 0 amide bonds. The van der Waals surface area contributed by atoms with E-state index < -0.39 is 0 Å². The van der Waals surface area contributed by atoms with E-state index in [4.69, 9.17) is 10.00 Å². The van der Waals surface area contributed by atoms with Crippen molar-refractivity contribution >= 4 is 21.6 Å². The molecule has 20 heavy (non-hydrogen) atoms. The minimum Gasteiger partial charge on any atom is -0.504 e. The highest BCUT2D eigenvalue weighted by Gasteiger charge is 2.05. The monoisotopic (exact) mass is 332 g/mol. The summed E-state index contributed by atoms with van der Waals surface area (Å²) in [6.45, 7) is 0.530. The lowest BCUT2D eigenvalue weighted by Gasteiger charge is -2.10. The van der Waals surface area contributed by atoms with E-state index in [1.54, 1.807) is 24.3 Å². The summed E-state index contributed by atoms with van der Waals surface area (Å²) in [7, 11) is 1.51. The molecule has 0 aliphatic carbocycles. The minimum absolute atomic E-state index is 0.108. The maximum atomic E-state index is 9.54. The molecule has 0 atom stereocenters. The molecule has 0 radical (unpaired) electrons. The molecule has 0 aromatic heterocycles. The zero-order valence-electron chi connectivity index (χ0n) is 10.9. The molecule has 0 aliphatic heterocycles. The van der Waals surface area contributed by atoms with Crippen LogP contribution in [0.4, 0.5) is 5.69 Å². The van der Waals surface area contributed by atoms with Crippen LogP contribution in [0.25, 0.3) is 0 Å². The Morgan fingerprint density at radius 2 is 2.10 bits per heavy atom. The van der Waals surface area contributed by atoms with E-state index in [1.807, 2.05) is 12.1 Å². The number of anilines is 1. The Bertz CT molecular complexity index is 665. The quantitative estimate of drug-likeness (QED) is 0.896. The van der Waals surface area contributed by atoms with Gasteiger partial charge in [0, 0.05) is 11.0 Å². The van der Waals surface area contributed by atoms with Crippen LogP contribution in [-0.2, 0) is 6.54 Å². The number of halogens is 1. The summed E-state index contributed by atoms with van der Waals surface area (Å²) in [5.74, 6) is 0.537. The van der Waals surface area contributed by atoms with Gasteiger partial charge < -0.3 is 15.2 Å². The number of nitrogens with one attached hydrogen (secondary N) is 1. The van der Waals surface area contributed by atoms with Crippen LogP contribution in [0.3, 0.4) is 0 Å². The van der Waals surface area contributed by atoms with E-state index in [-0.39, 0.29) is 5.75 Å². The van der Waals surface area contributed by atoms with Crippen molar-refractivity contribution in [3.05, 3.63) is 52.0 Å². The third-order valence-corrected chi connectivity index (χ3v) is 3.32. The van der Waals surface area contributed by atoms with E-state index >= 15 is 0 Å². The summed E-state index contributed by atoms with van der Waals surface area (Å²) >= 11 is 3.38. The first-order valence-electron chi connectivity index (χ1n) is 5.93. The molecule has 0 fully saturated rings. The van der Waals surface area contributed by atoms with Crippen LogP contribution in [0, 0.1) is 11.3 Å². The number of phenolic OH excluding ortho intramolecular Hbond substituents is 1. The van der Waals surface area contributed by atoms with E-state index in [9.17, 15) is 5.11 Å². The maximum absolute atomic E-state index is 9.54. The highest BCUT2D eigenvalue weighted by molar-refractivity contribution is 9.10. The average molecular weight is 333 g/mol. The molecule has 2 aromatic rings. The second kappa shape index (κ2) is 6.31. The zero-order chi connectivity index (χ0) is 14.5. The number of benzene rings is 2. The molecule has 0 aliphatic rings. The highest BCUT2D eigenvalue weighted by atomic mass is 79.9. The smallest absolute Gasteiger partial charge is 0.160 e. The summed E-state index contributed by atoms with van der Waals surface area (Å²) in [6, 6.07) is 12.7. The van der Waals surface area contributed by atoms with Crippen LogP contribution in [0.1, 0.15) is 11.1 Å². The summed E-state index contributed by atoms with van der Waals surface area (Å²) in [5.41, 5.74) is 2.29. The number of aromatic hydroxyl groups is 1. The van der Waals surface area contributed by atoms with Gasteiger partial charge in [-0.15, -0.1) is 0 Å². The molecule has 0 bridgehead atoms. The van der Waals surface area contributed by atoms with Gasteiger partial charge in [-0.25, -0.2) is 0 Å². The molecule has 0 saturated heterocycles. The van der Waals surface area contributed by atoms with Gasteiger partial charge in [0.1, 0.15) is 6.07 Å². The predicted molar refractivity (Wildman–Crippen MR) is 80.8 cm³/mol. The second-order valence-electron chi connectivity index (χ2n) is 4.16. The Morgan fingerprint density at radius 3 is 2.80 bits per heavy atom. The van der Waals surface area contributed by atoms with Crippen LogP contribution in [0.5, 0.6) is 11.5 Å². The van der Waals surface area contributed by atoms with E-state index in [2.05, 4.69) is 27.3 Å². The van der Waals surface area contributed by atoms with Crippen molar-refractivity contribution in [2.24, 2.45) is 0 Å². The molecule has 0 spiro atoms. The number of methoxy groups -OCH3 is 1. The van der Waals surface area contributed by atoms with Gasteiger partial charge in [0.15, 0.2) is 11.5 Å². The fourth-order valence-electron chi connectivity index (χ4n) is 1.79. The summed E-state index contributed by atoms with van der Waals surface area (Å²) in [6.07, 6.45) is 0. The minimum atomic E-state index is 0.108. The second-order valence-corrected chi connectivity index (χ2v) is 5.08. The van der Waals surface area contributed by atoms with E-state index in [0.717, 1.165) is 15.7 Å². The number of nitrogens with zero attached hydrogens (tertiary/aromatic N) is 1. The van der Waals surface area contributed by atoms with Gasteiger partial charge in [-0.05, 0) is 35.9 Å². The van der Waals surface area contributed by atoms with Gasteiger partial charge in [0.25, 0.3) is 0 Å². The Balaban J connectivity index is 2.17. The van der Waals surface area contributed by atoms with Crippen molar-refractivity contribution in [1.29, 1.82) is 5.26 Å². The summed E-state index contributed by atoms with van der Waals surface area (Å²) < 4.78 is 5.97. The molecule has 0 heterocycles. The summed E-state index contributed by atoms with van der Waals surface area (Å²) in [4.78, 5) is 0. The standard InChI is InChI=1S/C15H13BrN2O2/c1-20-15-6-10(2-5-14(15)19)9-18-13-7-12(16)4-3-11(13)8-17/h2-7,18-19H,9H2,1H3. The first-order chi connectivity index (χ1) is 9.63. The number of nitriles is 1. The van der Waals surface area contributed by atoms with Crippen LogP contribution in [0.15, 0.2) is 40.9 Å². The number of hydrogen-bond acceptors (Lipinski definition) is 4. The molecule has 2 rings (SSSR count). The number of rotatable bonds is 4. The van der Waals surface area contributed by atoms with Crippen molar-refractivity contribution in [1.82, 2.24) is 0 Å². The maximum Gasteiger partial charge on any atom is 0.160 e. The lowest BCUT2D eigenvalue weighted by Crippen LogP contribution is -2.01. The molecule has 0 saturated carbocycles. The Kier molecular flexibility index (Phi) is 4.49. The molecular formula is C15H13BrN2O2. The van der Waals surface area contributed by atoms with Crippen molar-refractivity contribution in [2.75, 3.05) is 12.4 Å². The van der Waals surface area contributed by atoms with Crippen molar-refractivity contribution < 1.29 is 9.84 Å². The third kappa shape index (κ3) is 3.22. The highest BCUT2D eigenvalue weighted by Crippen LogP contribution is 2.27. The van der Waals surface area contributed by atoms with Gasteiger partial charge >= 0.3 is 0 Å². The molecule has 5 heteroatoms. The summed E-state index contributed by atoms with van der Waals surface area (Å²) in [5, 5.41) is 21.8. The fraction of sp³-hybridized carbons (Fsp3) is 0.133. The lowest BCUT2D eigenvalue weighted by molar-refractivity contribution is 0.373. The third-order valence-electron chi connectivity index (χ3n) is 2.83. The van der Waals surface area contributed by atoms with Crippen LogP contribution in [-0.4, -0.2) is 12.2 Å². The molecule has 2 N–H and O–H groups in total. The Hall–Kier alpha value is -2.19. The first-order valence-corrected chi connectivity index (χ1v) is 6.72. The van der Waals surface area contributed by atoms with Crippen LogP contribution in [0.2, 0.25) is 0 Å². The SMILES string of the molecule is COc1cc(CNc2cc(Br)ccc2C#N)ccc1O. The van der Waals surface area contributed by atoms with Gasteiger partial charge in [0.2, 0.25) is 0 Å². The Labute approximate surface area is 125 Å². The molecular weight excluding hydrogens is 320 g/mol. The largest absolute Gasteiger partial charge is 0.504 e. The van der Waals surface area contributed by atoms with Gasteiger partial charge in [-0.2, -0.15) is 5.26 Å². The van der Waals surface area contributed by atoms with Crippen molar-refractivity contribution in [3.63, 3.8) is 0 Å². The molecule has 0 unspecified atom stereocenters. The first kappa shape index (κ1) is 14.2. The fourth-order valence-corrected chi connectivity index (χ4v) is 2.15. The van der Waals surface area contributed by atoms with Crippen molar-refractivity contribution in [3.8, 4) is 17.6 Å². The van der Waals surface area contributed by atoms with Gasteiger partial charge in [-0.1, -0.05) is 22.0 Å². The van der Waals surface area contributed by atoms with Gasteiger partial charge in [0.05, 0.1) is 18.4 Å². The van der Waals surface area contributed by atoms with E-state index in [1.165, 1.54) is 7.11 Å². The molecule has 102 valence electrons. The number of ether oxygens (including phenoxy) is 1. The average Bonchev–Trinajstić information content (AvgIpc) is 2.46. The number of hydrogen-bond donors (Lipinski definition) is 2.